The van der Waals surface area contributed by atoms with E-state index in [2.05, 4.69) is 0 Å². The highest BCUT2D eigenvalue weighted by Crippen LogP contribution is 2.27. The maximum absolute atomic E-state index is 11.7. The molecule has 0 atom stereocenters. The van der Waals surface area contributed by atoms with Crippen LogP contribution < -0.4 is 0 Å². The molecule has 0 spiro atoms. The molecule has 0 heterocycles. The van der Waals surface area contributed by atoms with Crippen molar-refractivity contribution in [1.82, 2.24) is 0 Å². The molecule has 0 saturated heterocycles. The molecule has 0 aliphatic carbocycles. The van der Waals surface area contributed by atoms with Crippen molar-refractivity contribution >= 4 is 28.4 Å². The zero-order valence-corrected chi connectivity index (χ0v) is 11.4. The first kappa shape index (κ1) is 13.1. The summed E-state index contributed by atoms with van der Waals surface area (Å²) in [4.78, 5) is 11.7. The number of carbonyl (C=O) groups is 1. The Bertz CT molecular complexity index is 812. The summed E-state index contributed by atoms with van der Waals surface area (Å²) in [6, 6.07) is 23.0. The molecule has 0 unspecified atom stereocenters. The first-order valence-corrected chi connectivity index (χ1v) is 6.74. The van der Waals surface area contributed by atoms with E-state index in [0.29, 0.717) is 5.57 Å². The summed E-state index contributed by atoms with van der Waals surface area (Å²) in [6.45, 7) is 0. The van der Waals surface area contributed by atoms with Gasteiger partial charge in [0.1, 0.15) is 0 Å². The van der Waals surface area contributed by atoms with Gasteiger partial charge < -0.3 is 5.11 Å². The van der Waals surface area contributed by atoms with Gasteiger partial charge in [-0.2, -0.15) is 0 Å². The minimum atomic E-state index is -0.921. The Kier molecular flexibility index (Phi) is 3.52. The fourth-order valence-electron chi connectivity index (χ4n) is 2.43. The number of benzene rings is 3. The fraction of sp³-hybridized carbons (Fsp3) is 0. The van der Waals surface area contributed by atoms with Crippen molar-refractivity contribution in [3.05, 3.63) is 83.9 Å². The molecule has 0 saturated carbocycles. The van der Waals surface area contributed by atoms with E-state index in [1.165, 1.54) is 0 Å². The van der Waals surface area contributed by atoms with Crippen LogP contribution in [0.4, 0.5) is 0 Å². The van der Waals surface area contributed by atoms with E-state index < -0.39 is 5.97 Å². The van der Waals surface area contributed by atoms with Crippen molar-refractivity contribution in [1.29, 1.82) is 0 Å². The molecule has 0 radical (unpaired) electrons. The van der Waals surface area contributed by atoms with Gasteiger partial charge in [-0.1, -0.05) is 72.8 Å². The van der Waals surface area contributed by atoms with Gasteiger partial charge in [0.05, 0.1) is 5.57 Å². The van der Waals surface area contributed by atoms with Crippen LogP contribution in [-0.2, 0) is 4.79 Å². The Morgan fingerprint density at radius 1 is 0.810 bits per heavy atom. The first-order chi connectivity index (χ1) is 10.3. The van der Waals surface area contributed by atoms with Crippen LogP contribution in [0.3, 0.4) is 0 Å². The maximum Gasteiger partial charge on any atom is 0.336 e. The lowest BCUT2D eigenvalue weighted by molar-refractivity contribution is -0.130. The molecule has 2 nitrogen and oxygen atoms in total. The monoisotopic (exact) mass is 274 g/mol. The molecule has 1 N–H and O–H groups in total. The summed E-state index contributed by atoms with van der Waals surface area (Å²) in [5.41, 5.74) is 1.92. The lowest BCUT2D eigenvalue weighted by Gasteiger charge is -2.08. The van der Waals surface area contributed by atoms with Gasteiger partial charge >= 0.3 is 5.97 Å². The maximum atomic E-state index is 11.7. The van der Waals surface area contributed by atoms with Crippen LogP contribution in [-0.4, -0.2) is 11.1 Å². The molecule has 0 fully saturated rings. The molecule has 2 heteroatoms. The highest BCUT2D eigenvalue weighted by Gasteiger charge is 2.13. The van der Waals surface area contributed by atoms with Crippen LogP contribution in [0.5, 0.6) is 0 Å². The third-order valence-electron chi connectivity index (χ3n) is 3.42. The highest BCUT2D eigenvalue weighted by atomic mass is 16.4. The van der Waals surface area contributed by atoms with Gasteiger partial charge in [0, 0.05) is 0 Å². The van der Waals surface area contributed by atoms with Gasteiger partial charge in [-0.15, -0.1) is 0 Å². The van der Waals surface area contributed by atoms with E-state index in [1.807, 2.05) is 72.8 Å². The standard InChI is InChI=1S/C19H14O2/c20-19(21)18(13-14-7-2-1-3-8-14)17-12-6-10-15-9-4-5-11-16(15)17/h1-13H,(H,20,21). The molecule has 21 heavy (non-hydrogen) atoms. The first-order valence-electron chi connectivity index (χ1n) is 6.74. The van der Waals surface area contributed by atoms with Gasteiger partial charge in [-0.05, 0) is 28.0 Å². The Labute approximate surface area is 123 Å². The lowest BCUT2D eigenvalue weighted by Crippen LogP contribution is -2.00. The summed E-state index contributed by atoms with van der Waals surface area (Å²) in [6.07, 6.45) is 1.71. The van der Waals surface area contributed by atoms with Crippen molar-refractivity contribution in [3.8, 4) is 0 Å². The zero-order valence-electron chi connectivity index (χ0n) is 11.4. The Balaban J connectivity index is 2.22. The molecule has 3 aromatic carbocycles. The topological polar surface area (TPSA) is 37.3 Å². The number of aliphatic carboxylic acids is 1. The van der Waals surface area contributed by atoms with Gasteiger partial charge in [0.2, 0.25) is 0 Å². The number of hydrogen-bond donors (Lipinski definition) is 1. The van der Waals surface area contributed by atoms with Gasteiger partial charge in [-0.25, -0.2) is 4.79 Å². The molecular weight excluding hydrogens is 260 g/mol. The number of hydrogen-bond acceptors (Lipinski definition) is 1. The van der Waals surface area contributed by atoms with E-state index in [4.69, 9.17) is 0 Å². The van der Waals surface area contributed by atoms with E-state index in [0.717, 1.165) is 21.9 Å². The van der Waals surface area contributed by atoms with Crippen LogP contribution in [0.2, 0.25) is 0 Å². The minimum Gasteiger partial charge on any atom is -0.478 e. The molecule has 3 rings (SSSR count). The quantitative estimate of drug-likeness (QED) is 0.565. The predicted molar refractivity (Wildman–Crippen MR) is 85.9 cm³/mol. The summed E-state index contributed by atoms with van der Waals surface area (Å²) in [7, 11) is 0. The molecule has 102 valence electrons. The average Bonchev–Trinajstić information content (AvgIpc) is 2.53. The number of fused-ring (bicyclic) bond motifs is 1. The van der Waals surface area contributed by atoms with E-state index in [9.17, 15) is 9.90 Å². The van der Waals surface area contributed by atoms with Gasteiger partial charge in [0.15, 0.2) is 0 Å². The second-order valence-electron chi connectivity index (χ2n) is 4.80. The number of carboxylic acids is 1. The average molecular weight is 274 g/mol. The van der Waals surface area contributed by atoms with Crippen LogP contribution in [0.25, 0.3) is 22.4 Å². The molecule has 0 aromatic heterocycles. The molecule has 0 bridgehead atoms. The van der Waals surface area contributed by atoms with Crippen LogP contribution >= 0.6 is 0 Å². The Morgan fingerprint density at radius 3 is 2.24 bits per heavy atom. The van der Waals surface area contributed by atoms with Gasteiger partial charge in [0.25, 0.3) is 0 Å². The van der Waals surface area contributed by atoms with Crippen LogP contribution in [0.1, 0.15) is 11.1 Å². The second-order valence-corrected chi connectivity index (χ2v) is 4.80. The van der Waals surface area contributed by atoms with E-state index in [1.54, 1.807) is 6.08 Å². The number of rotatable bonds is 3. The minimum absolute atomic E-state index is 0.304. The smallest absolute Gasteiger partial charge is 0.336 e. The zero-order chi connectivity index (χ0) is 14.7. The van der Waals surface area contributed by atoms with Crippen molar-refractivity contribution < 1.29 is 9.90 Å². The Morgan fingerprint density at radius 2 is 1.48 bits per heavy atom. The van der Waals surface area contributed by atoms with Crippen molar-refractivity contribution in [2.24, 2.45) is 0 Å². The lowest BCUT2D eigenvalue weighted by atomic mass is 9.96. The van der Waals surface area contributed by atoms with Crippen LogP contribution in [0, 0.1) is 0 Å². The Hall–Kier alpha value is -2.87. The van der Waals surface area contributed by atoms with Crippen LogP contribution in [0.15, 0.2) is 72.8 Å². The van der Waals surface area contributed by atoms with Crippen molar-refractivity contribution in [3.63, 3.8) is 0 Å². The summed E-state index contributed by atoms with van der Waals surface area (Å²) >= 11 is 0. The highest BCUT2D eigenvalue weighted by molar-refractivity contribution is 6.23. The van der Waals surface area contributed by atoms with Crippen molar-refractivity contribution in [2.75, 3.05) is 0 Å². The summed E-state index contributed by atoms with van der Waals surface area (Å²) in [5.74, 6) is -0.921. The molecule has 0 amide bonds. The van der Waals surface area contributed by atoms with E-state index in [-0.39, 0.29) is 0 Å². The molecule has 0 aliphatic heterocycles. The second kappa shape index (κ2) is 5.63. The predicted octanol–water partition coefficient (Wildman–Crippen LogP) is 4.47. The molecule has 3 aromatic rings. The normalized spacial score (nSPS) is 11.5. The number of carboxylic acid groups (broad SMARTS) is 1. The van der Waals surface area contributed by atoms with Gasteiger partial charge in [-0.3, -0.25) is 0 Å². The summed E-state index contributed by atoms with van der Waals surface area (Å²) < 4.78 is 0. The largest absolute Gasteiger partial charge is 0.478 e. The van der Waals surface area contributed by atoms with E-state index >= 15 is 0 Å². The summed E-state index contributed by atoms with van der Waals surface area (Å²) in [5, 5.41) is 11.6. The molecular formula is C19H14O2. The SMILES string of the molecule is O=C(O)C(=Cc1ccccc1)c1cccc2ccccc12. The molecule has 0 aliphatic rings. The third-order valence-corrected chi connectivity index (χ3v) is 3.42. The fourth-order valence-corrected chi connectivity index (χ4v) is 2.43. The van der Waals surface area contributed by atoms with Crippen molar-refractivity contribution in [2.45, 2.75) is 0 Å². The third kappa shape index (κ3) is 2.70.